The zero-order chi connectivity index (χ0) is 13.3. The molecule has 0 bridgehead atoms. The van der Waals surface area contributed by atoms with Gasteiger partial charge in [-0.2, -0.15) is 0 Å². The van der Waals surface area contributed by atoms with Crippen LogP contribution in [0.25, 0.3) is 11.3 Å². The van der Waals surface area contributed by atoms with Gasteiger partial charge in [-0.3, -0.25) is 4.79 Å². The van der Waals surface area contributed by atoms with Gasteiger partial charge in [-0.1, -0.05) is 0 Å². The molecule has 0 fully saturated rings. The van der Waals surface area contributed by atoms with E-state index in [0.29, 0.717) is 17.1 Å². The fourth-order valence-corrected chi connectivity index (χ4v) is 1.62. The summed E-state index contributed by atoms with van der Waals surface area (Å²) in [7, 11) is 1.45. The van der Waals surface area contributed by atoms with Gasteiger partial charge in [-0.25, -0.2) is 9.37 Å². The van der Waals surface area contributed by atoms with Crippen LogP contribution in [0.1, 0.15) is 11.4 Å². The topological polar surface area (TPSA) is 55.0 Å². The van der Waals surface area contributed by atoms with Gasteiger partial charge in [-0.15, -0.1) is 0 Å². The van der Waals surface area contributed by atoms with Crippen LogP contribution in [0.15, 0.2) is 23.0 Å². The molecule has 0 aliphatic carbocycles. The van der Waals surface area contributed by atoms with Crippen LogP contribution in [0.4, 0.5) is 4.39 Å². The Kier molecular flexibility index (Phi) is 3.14. The molecule has 2 aromatic rings. The Morgan fingerprint density at radius 1 is 1.33 bits per heavy atom. The molecule has 5 heteroatoms. The van der Waals surface area contributed by atoms with Gasteiger partial charge in [0.25, 0.3) is 5.56 Å². The summed E-state index contributed by atoms with van der Waals surface area (Å²) in [5.74, 6) is -0.132. The second-order valence-corrected chi connectivity index (χ2v) is 3.97. The number of aromatic amines is 1. The Balaban J connectivity index is 2.62. The molecule has 0 spiro atoms. The van der Waals surface area contributed by atoms with Crippen LogP contribution in [0, 0.1) is 19.7 Å². The first-order valence-corrected chi connectivity index (χ1v) is 5.44. The summed E-state index contributed by atoms with van der Waals surface area (Å²) in [4.78, 5) is 18.6. The number of benzene rings is 1. The molecular formula is C13H13FN2O2. The Labute approximate surface area is 103 Å². The number of ether oxygens (including phenoxy) is 1. The Morgan fingerprint density at radius 3 is 2.67 bits per heavy atom. The van der Waals surface area contributed by atoms with Gasteiger partial charge < -0.3 is 9.72 Å². The summed E-state index contributed by atoms with van der Waals surface area (Å²) in [6.07, 6.45) is 0. The Bertz CT molecular complexity index is 650. The summed E-state index contributed by atoms with van der Waals surface area (Å²) < 4.78 is 18.8. The van der Waals surface area contributed by atoms with Crippen molar-refractivity contribution in [3.8, 4) is 17.0 Å². The van der Waals surface area contributed by atoms with Crippen molar-refractivity contribution in [3.63, 3.8) is 0 Å². The van der Waals surface area contributed by atoms with Gasteiger partial charge >= 0.3 is 0 Å². The third-order valence-corrected chi connectivity index (χ3v) is 2.77. The maximum Gasteiger partial charge on any atom is 0.274 e. The van der Waals surface area contributed by atoms with E-state index < -0.39 is 11.4 Å². The van der Waals surface area contributed by atoms with E-state index >= 15 is 0 Å². The van der Waals surface area contributed by atoms with Gasteiger partial charge in [0.2, 0.25) is 0 Å². The maximum absolute atomic E-state index is 13.9. The van der Waals surface area contributed by atoms with Crippen LogP contribution in [0.3, 0.4) is 0 Å². The van der Waals surface area contributed by atoms with Crippen molar-refractivity contribution in [2.75, 3.05) is 7.11 Å². The zero-order valence-corrected chi connectivity index (χ0v) is 10.4. The highest BCUT2D eigenvalue weighted by atomic mass is 19.1. The molecule has 0 aliphatic heterocycles. The van der Waals surface area contributed by atoms with E-state index in [9.17, 15) is 9.18 Å². The van der Waals surface area contributed by atoms with Crippen LogP contribution in [0.2, 0.25) is 0 Å². The predicted octanol–water partition coefficient (Wildman–Crippen LogP) is 2.20. The molecule has 94 valence electrons. The monoisotopic (exact) mass is 248 g/mol. The SMILES string of the molecule is COc1ccc(-c2nc(C)c(C)[nH]c2=O)c(F)c1. The molecule has 0 aliphatic rings. The molecule has 0 radical (unpaired) electrons. The molecule has 1 aromatic heterocycles. The van der Waals surface area contributed by atoms with Crippen LogP contribution < -0.4 is 10.3 Å². The van der Waals surface area contributed by atoms with E-state index in [4.69, 9.17) is 4.74 Å². The fraction of sp³-hybridized carbons (Fsp3) is 0.231. The van der Waals surface area contributed by atoms with Gasteiger partial charge in [0.05, 0.1) is 12.8 Å². The van der Waals surface area contributed by atoms with E-state index in [-0.39, 0.29) is 11.3 Å². The normalized spacial score (nSPS) is 10.4. The van der Waals surface area contributed by atoms with Gasteiger partial charge in [0.15, 0.2) is 0 Å². The maximum atomic E-state index is 13.9. The number of aromatic nitrogens is 2. The summed E-state index contributed by atoms with van der Waals surface area (Å²) in [5, 5.41) is 0. The minimum absolute atomic E-state index is 0.0817. The first-order chi connectivity index (χ1) is 8.52. The molecule has 0 saturated heterocycles. The second kappa shape index (κ2) is 4.60. The summed E-state index contributed by atoms with van der Waals surface area (Å²) in [6, 6.07) is 4.31. The van der Waals surface area contributed by atoms with Crippen molar-refractivity contribution in [1.29, 1.82) is 0 Å². The Hall–Kier alpha value is -2.17. The first-order valence-electron chi connectivity index (χ1n) is 5.44. The van der Waals surface area contributed by atoms with E-state index in [1.807, 2.05) is 0 Å². The fourth-order valence-electron chi connectivity index (χ4n) is 1.62. The lowest BCUT2D eigenvalue weighted by atomic mass is 10.1. The molecule has 0 unspecified atom stereocenters. The molecule has 1 N–H and O–H groups in total. The van der Waals surface area contributed by atoms with E-state index in [1.54, 1.807) is 19.9 Å². The zero-order valence-electron chi connectivity index (χ0n) is 10.4. The van der Waals surface area contributed by atoms with Gasteiger partial charge in [0.1, 0.15) is 17.3 Å². The molecular weight excluding hydrogens is 235 g/mol. The highest BCUT2D eigenvalue weighted by Gasteiger charge is 2.13. The first kappa shape index (κ1) is 12.3. The van der Waals surface area contributed by atoms with Gasteiger partial charge in [0, 0.05) is 17.3 Å². The van der Waals surface area contributed by atoms with Crippen LogP contribution in [0.5, 0.6) is 5.75 Å². The summed E-state index contributed by atoms with van der Waals surface area (Å²) in [6.45, 7) is 3.51. The van der Waals surface area contributed by atoms with E-state index in [1.165, 1.54) is 19.2 Å². The van der Waals surface area contributed by atoms with Crippen LogP contribution in [-0.4, -0.2) is 17.1 Å². The largest absolute Gasteiger partial charge is 0.497 e. The molecule has 1 heterocycles. The van der Waals surface area contributed by atoms with Crippen LogP contribution in [-0.2, 0) is 0 Å². The van der Waals surface area contributed by atoms with E-state index in [2.05, 4.69) is 9.97 Å². The number of nitrogens with zero attached hydrogens (tertiary/aromatic N) is 1. The minimum Gasteiger partial charge on any atom is -0.497 e. The quantitative estimate of drug-likeness (QED) is 0.886. The number of aryl methyl sites for hydroxylation is 2. The summed E-state index contributed by atoms with van der Waals surface area (Å²) in [5.41, 5.74) is 1.19. The molecule has 4 nitrogen and oxygen atoms in total. The van der Waals surface area contributed by atoms with Crippen molar-refractivity contribution in [2.45, 2.75) is 13.8 Å². The van der Waals surface area contributed by atoms with E-state index in [0.717, 1.165) is 0 Å². The molecule has 1 aromatic carbocycles. The third-order valence-electron chi connectivity index (χ3n) is 2.77. The predicted molar refractivity (Wildman–Crippen MR) is 66.3 cm³/mol. The van der Waals surface area contributed by atoms with Crippen molar-refractivity contribution < 1.29 is 9.13 Å². The number of H-pyrrole nitrogens is 1. The third kappa shape index (κ3) is 2.11. The Morgan fingerprint density at radius 2 is 2.06 bits per heavy atom. The van der Waals surface area contributed by atoms with Crippen LogP contribution >= 0.6 is 0 Å². The number of nitrogens with one attached hydrogen (secondary N) is 1. The molecule has 18 heavy (non-hydrogen) atoms. The highest BCUT2D eigenvalue weighted by Crippen LogP contribution is 2.22. The summed E-state index contributed by atoms with van der Waals surface area (Å²) >= 11 is 0. The lowest BCUT2D eigenvalue weighted by Crippen LogP contribution is -2.15. The highest BCUT2D eigenvalue weighted by molar-refractivity contribution is 5.60. The van der Waals surface area contributed by atoms with Crippen molar-refractivity contribution in [1.82, 2.24) is 9.97 Å². The molecule has 2 rings (SSSR count). The van der Waals surface area contributed by atoms with Crippen molar-refractivity contribution >= 4 is 0 Å². The van der Waals surface area contributed by atoms with Gasteiger partial charge in [-0.05, 0) is 26.0 Å². The molecule has 0 atom stereocenters. The second-order valence-electron chi connectivity index (χ2n) is 3.97. The smallest absolute Gasteiger partial charge is 0.274 e. The average Bonchev–Trinajstić information content (AvgIpc) is 2.34. The number of hydrogen-bond acceptors (Lipinski definition) is 3. The number of hydrogen-bond donors (Lipinski definition) is 1. The lowest BCUT2D eigenvalue weighted by molar-refractivity contribution is 0.411. The van der Waals surface area contributed by atoms with Crippen molar-refractivity contribution in [3.05, 3.63) is 45.8 Å². The lowest BCUT2D eigenvalue weighted by Gasteiger charge is -2.06. The average molecular weight is 248 g/mol. The number of rotatable bonds is 2. The standard InChI is InChI=1S/C13H13FN2O2/c1-7-8(2)16-13(17)12(15-7)10-5-4-9(18-3)6-11(10)14/h4-6H,1-3H3,(H,16,17). The number of methoxy groups -OCH3 is 1. The van der Waals surface area contributed by atoms with Crippen molar-refractivity contribution in [2.24, 2.45) is 0 Å². The minimum atomic E-state index is -0.532. The molecule has 0 saturated carbocycles. The molecule has 0 amide bonds. The number of halogens is 1.